The Kier molecular flexibility index (Phi) is 5.57. The van der Waals surface area contributed by atoms with Gasteiger partial charge in [-0.3, -0.25) is 4.79 Å². The molecule has 0 aliphatic carbocycles. The van der Waals surface area contributed by atoms with Crippen molar-refractivity contribution in [1.29, 1.82) is 0 Å². The molecule has 1 amide bonds. The van der Waals surface area contributed by atoms with Crippen LogP contribution in [-0.4, -0.2) is 17.9 Å². The molecule has 1 N–H and O–H groups in total. The van der Waals surface area contributed by atoms with Crippen molar-refractivity contribution in [2.75, 3.05) is 0 Å². The summed E-state index contributed by atoms with van der Waals surface area (Å²) in [5, 5.41) is 14.8. The molecule has 0 unspecified atom stereocenters. The van der Waals surface area contributed by atoms with E-state index in [-0.39, 0.29) is 12.8 Å². The number of fused-ring (bicyclic) bond motifs is 2. The largest absolute Gasteiger partial charge is 0.548 e. The average molecular weight is 432 g/mol. The Labute approximate surface area is 183 Å². The van der Waals surface area contributed by atoms with Gasteiger partial charge in [-0.15, -0.1) is 0 Å². The van der Waals surface area contributed by atoms with Gasteiger partial charge in [0.1, 0.15) is 16.9 Å². The molecule has 2 heterocycles. The number of nitrogens with one attached hydrogen (secondary N) is 1. The predicted octanol–water partition coefficient (Wildman–Crippen LogP) is 3.01. The molecule has 4 aromatic rings. The quantitative estimate of drug-likeness (QED) is 0.469. The summed E-state index contributed by atoms with van der Waals surface area (Å²) in [5.41, 5.74) is 3.61. The van der Waals surface area contributed by atoms with Gasteiger partial charge in [0, 0.05) is 34.4 Å². The van der Waals surface area contributed by atoms with E-state index in [4.69, 9.17) is 8.83 Å². The molecule has 4 rings (SSSR count). The van der Waals surface area contributed by atoms with Gasteiger partial charge in [0.25, 0.3) is 0 Å². The molecule has 0 bridgehead atoms. The van der Waals surface area contributed by atoms with Crippen LogP contribution in [0, 0.1) is 13.8 Å². The molecular weight excluding hydrogens is 410 g/mol. The van der Waals surface area contributed by atoms with Gasteiger partial charge in [-0.05, 0) is 44.4 Å². The van der Waals surface area contributed by atoms with Gasteiger partial charge in [-0.1, -0.05) is 30.3 Å². The summed E-state index contributed by atoms with van der Waals surface area (Å²) in [7, 11) is 0. The Balaban J connectivity index is 1.75. The van der Waals surface area contributed by atoms with Crippen LogP contribution in [0.15, 0.2) is 56.1 Å². The highest BCUT2D eigenvalue weighted by molar-refractivity contribution is 6.03. The molecule has 0 saturated heterocycles. The molecule has 0 fully saturated rings. The molecule has 32 heavy (non-hydrogen) atoms. The maximum absolute atomic E-state index is 12.6. The average Bonchev–Trinajstić information content (AvgIpc) is 3.07. The first-order valence-electron chi connectivity index (χ1n) is 10.3. The fourth-order valence-electron chi connectivity index (χ4n) is 3.97. The third-order valence-corrected chi connectivity index (χ3v) is 5.67. The van der Waals surface area contributed by atoms with Crippen LogP contribution in [0.5, 0.6) is 0 Å². The highest BCUT2D eigenvalue weighted by Crippen LogP contribution is 2.37. The van der Waals surface area contributed by atoms with E-state index < -0.39 is 23.5 Å². The van der Waals surface area contributed by atoms with Crippen molar-refractivity contribution in [2.45, 2.75) is 39.7 Å². The van der Waals surface area contributed by atoms with Gasteiger partial charge in [0.2, 0.25) is 5.91 Å². The Morgan fingerprint density at radius 2 is 1.72 bits per heavy atom. The summed E-state index contributed by atoms with van der Waals surface area (Å²) < 4.78 is 11.5. The number of aryl methyl sites for hydroxylation is 2. The first kappa shape index (κ1) is 21.4. The van der Waals surface area contributed by atoms with Crippen molar-refractivity contribution >= 4 is 33.8 Å². The zero-order valence-electron chi connectivity index (χ0n) is 18.0. The monoisotopic (exact) mass is 432 g/mol. The number of carbonyl (C=O) groups is 2. The van der Waals surface area contributed by atoms with Crippen LogP contribution < -0.4 is 16.0 Å². The number of carbonyl (C=O) groups excluding carboxylic acids is 2. The first-order valence-corrected chi connectivity index (χ1v) is 10.3. The molecule has 0 saturated carbocycles. The van der Waals surface area contributed by atoms with Crippen molar-refractivity contribution in [3.8, 4) is 11.1 Å². The molecule has 0 aliphatic heterocycles. The number of amides is 1. The highest BCUT2D eigenvalue weighted by atomic mass is 16.4. The summed E-state index contributed by atoms with van der Waals surface area (Å²) in [6, 6.07) is 12.5. The SMILES string of the molecule is Cc1oc2cc3oc(=O)c(CCC(=O)N[C@@H](C)C(=O)[O-])c(C)c3cc2c1-c1ccccc1. The van der Waals surface area contributed by atoms with Gasteiger partial charge in [0.05, 0.1) is 12.0 Å². The van der Waals surface area contributed by atoms with Crippen molar-refractivity contribution in [1.82, 2.24) is 5.32 Å². The molecule has 164 valence electrons. The number of carboxylic acid groups (broad SMARTS) is 1. The second kappa shape index (κ2) is 8.34. The number of hydrogen-bond acceptors (Lipinski definition) is 6. The van der Waals surface area contributed by atoms with E-state index in [1.807, 2.05) is 50.2 Å². The molecule has 2 aromatic carbocycles. The number of hydrogen-bond donors (Lipinski definition) is 1. The van der Waals surface area contributed by atoms with Crippen LogP contribution in [-0.2, 0) is 16.0 Å². The molecule has 2 aromatic heterocycles. The van der Waals surface area contributed by atoms with Gasteiger partial charge in [-0.25, -0.2) is 4.79 Å². The molecule has 1 atom stereocenters. The number of rotatable bonds is 6. The third-order valence-electron chi connectivity index (χ3n) is 5.67. The summed E-state index contributed by atoms with van der Waals surface area (Å²) in [4.78, 5) is 35.4. The van der Waals surface area contributed by atoms with Gasteiger partial charge >= 0.3 is 5.63 Å². The van der Waals surface area contributed by atoms with Crippen LogP contribution in [0.4, 0.5) is 0 Å². The lowest BCUT2D eigenvalue weighted by atomic mass is 9.98. The van der Waals surface area contributed by atoms with Crippen LogP contribution >= 0.6 is 0 Å². The van der Waals surface area contributed by atoms with Gasteiger partial charge in [-0.2, -0.15) is 0 Å². The molecule has 0 aliphatic rings. The van der Waals surface area contributed by atoms with E-state index in [1.54, 1.807) is 6.07 Å². The van der Waals surface area contributed by atoms with Crippen LogP contribution in [0.2, 0.25) is 0 Å². The van der Waals surface area contributed by atoms with E-state index in [0.717, 1.165) is 33.2 Å². The van der Waals surface area contributed by atoms with Crippen molar-refractivity contribution in [3.63, 3.8) is 0 Å². The lowest BCUT2D eigenvalue weighted by molar-refractivity contribution is -0.307. The lowest BCUT2D eigenvalue weighted by Gasteiger charge is -2.14. The molecule has 0 radical (unpaired) electrons. The summed E-state index contributed by atoms with van der Waals surface area (Å²) in [6.07, 6.45) is 0.0841. The third kappa shape index (κ3) is 3.89. The minimum absolute atomic E-state index is 0.0446. The first-order chi connectivity index (χ1) is 15.3. The standard InChI is InChI=1S/C25H23NO6/c1-13-17(9-10-22(27)26-14(2)24(28)29)25(30)32-20-12-21-19(11-18(13)20)23(15(3)31-21)16-7-5-4-6-8-16/h4-8,11-12,14H,9-10H2,1-3H3,(H,26,27)(H,28,29)/p-1/t14-/m0/s1. The predicted molar refractivity (Wildman–Crippen MR) is 118 cm³/mol. The smallest absolute Gasteiger partial charge is 0.339 e. The second-order valence-corrected chi connectivity index (χ2v) is 7.85. The normalized spacial score (nSPS) is 12.2. The number of furan rings is 1. The molecular formula is C25H22NO6-. The van der Waals surface area contributed by atoms with Gasteiger partial charge in [0.15, 0.2) is 0 Å². The topological polar surface area (TPSA) is 113 Å². The van der Waals surface area contributed by atoms with E-state index >= 15 is 0 Å². The maximum Gasteiger partial charge on any atom is 0.339 e. The zero-order chi connectivity index (χ0) is 23.0. The summed E-state index contributed by atoms with van der Waals surface area (Å²) in [6.45, 7) is 5.04. The minimum Gasteiger partial charge on any atom is -0.548 e. The zero-order valence-corrected chi connectivity index (χ0v) is 18.0. The van der Waals surface area contributed by atoms with Crippen molar-refractivity contribution in [2.24, 2.45) is 0 Å². The summed E-state index contributed by atoms with van der Waals surface area (Å²) >= 11 is 0. The fourth-order valence-corrected chi connectivity index (χ4v) is 3.97. The Morgan fingerprint density at radius 3 is 2.41 bits per heavy atom. The molecule has 0 spiro atoms. The lowest BCUT2D eigenvalue weighted by Crippen LogP contribution is -2.46. The molecule has 7 heteroatoms. The van der Waals surface area contributed by atoms with E-state index in [0.29, 0.717) is 16.7 Å². The van der Waals surface area contributed by atoms with Crippen LogP contribution in [0.25, 0.3) is 33.1 Å². The number of aliphatic carboxylic acids is 1. The van der Waals surface area contributed by atoms with Crippen LogP contribution in [0.1, 0.15) is 30.2 Å². The van der Waals surface area contributed by atoms with E-state index in [9.17, 15) is 19.5 Å². The highest BCUT2D eigenvalue weighted by Gasteiger charge is 2.18. The van der Waals surface area contributed by atoms with Crippen molar-refractivity contribution < 1.29 is 23.5 Å². The maximum atomic E-state index is 12.6. The van der Waals surface area contributed by atoms with E-state index in [1.165, 1.54) is 6.92 Å². The molecule has 7 nitrogen and oxygen atoms in total. The second-order valence-electron chi connectivity index (χ2n) is 7.85. The number of carboxylic acids is 1. The van der Waals surface area contributed by atoms with E-state index in [2.05, 4.69) is 5.32 Å². The number of benzene rings is 2. The Morgan fingerprint density at radius 1 is 1.03 bits per heavy atom. The van der Waals surface area contributed by atoms with Crippen LogP contribution in [0.3, 0.4) is 0 Å². The van der Waals surface area contributed by atoms with Gasteiger partial charge < -0.3 is 24.1 Å². The summed E-state index contributed by atoms with van der Waals surface area (Å²) in [5.74, 6) is -1.08. The minimum atomic E-state index is -1.37. The van der Waals surface area contributed by atoms with Crippen molar-refractivity contribution in [3.05, 3.63) is 69.8 Å². The Bertz CT molecular complexity index is 1400. The Hall–Kier alpha value is -3.87. The fraction of sp³-hybridized carbons (Fsp3) is 0.240.